The molecule has 0 spiro atoms. The molecule has 1 aliphatic rings. The molecule has 2 N–H and O–H groups in total. The van der Waals surface area contributed by atoms with Crippen LogP contribution in [0.15, 0.2) is 41.8 Å². The molecule has 2 aromatic rings. The number of nitrogens with one attached hydrogen (secondary N) is 1. The monoisotopic (exact) mass is 372 g/mol. The molecule has 6 nitrogen and oxygen atoms in total. The summed E-state index contributed by atoms with van der Waals surface area (Å²) in [4.78, 5) is 38.7. The van der Waals surface area contributed by atoms with Gasteiger partial charge in [-0.15, -0.1) is 11.3 Å². The highest BCUT2D eigenvalue weighted by Crippen LogP contribution is 2.41. The van der Waals surface area contributed by atoms with Crippen molar-refractivity contribution >= 4 is 34.8 Å². The normalized spacial score (nSPS) is 20.0. The zero-order chi connectivity index (χ0) is 18.7. The van der Waals surface area contributed by atoms with E-state index in [4.69, 9.17) is 5.11 Å². The molecule has 1 aliphatic heterocycles. The number of anilines is 1. The zero-order valence-electron chi connectivity index (χ0n) is 14.3. The van der Waals surface area contributed by atoms with Gasteiger partial charge in [0.25, 0.3) is 0 Å². The molecule has 3 rings (SSSR count). The maximum Gasteiger partial charge on any atom is 0.322 e. The van der Waals surface area contributed by atoms with Crippen LogP contribution in [-0.4, -0.2) is 29.4 Å². The minimum absolute atomic E-state index is 0.0328. The molecule has 136 valence electrons. The van der Waals surface area contributed by atoms with E-state index in [9.17, 15) is 14.4 Å². The highest BCUT2D eigenvalue weighted by Gasteiger charge is 2.41. The zero-order valence-corrected chi connectivity index (χ0v) is 15.2. The number of carboxylic acid groups (broad SMARTS) is 1. The Bertz CT molecular complexity index is 801. The van der Waals surface area contributed by atoms with Crippen LogP contribution in [0.5, 0.6) is 0 Å². The van der Waals surface area contributed by atoms with E-state index < -0.39 is 24.5 Å². The number of hydrogen-bond donors (Lipinski definition) is 2. The van der Waals surface area contributed by atoms with E-state index in [1.165, 1.54) is 11.3 Å². The van der Waals surface area contributed by atoms with Gasteiger partial charge in [0, 0.05) is 17.0 Å². The summed E-state index contributed by atoms with van der Waals surface area (Å²) in [6, 6.07) is 11.0. The number of carbonyl (C=O) groups excluding carboxylic acids is 2. The number of aryl methyl sites for hydroxylation is 1. The van der Waals surface area contributed by atoms with Crippen LogP contribution in [0.2, 0.25) is 0 Å². The molecule has 0 radical (unpaired) electrons. The van der Waals surface area contributed by atoms with Crippen LogP contribution >= 0.6 is 11.3 Å². The number of piperidine rings is 1. The summed E-state index contributed by atoms with van der Waals surface area (Å²) in [5, 5.41) is 13.2. The summed E-state index contributed by atoms with van der Waals surface area (Å²) < 4.78 is 0. The minimum atomic E-state index is -1.09. The highest BCUT2D eigenvalue weighted by atomic mass is 32.1. The van der Waals surface area contributed by atoms with E-state index in [1.807, 2.05) is 48.7 Å². The Morgan fingerprint density at radius 1 is 1.27 bits per heavy atom. The van der Waals surface area contributed by atoms with E-state index in [1.54, 1.807) is 4.90 Å². The molecule has 1 aromatic carbocycles. The Morgan fingerprint density at radius 3 is 2.62 bits per heavy atom. The Balaban J connectivity index is 1.97. The van der Waals surface area contributed by atoms with E-state index >= 15 is 0 Å². The molecule has 2 unspecified atom stereocenters. The van der Waals surface area contributed by atoms with Gasteiger partial charge in [-0.1, -0.05) is 23.8 Å². The van der Waals surface area contributed by atoms with E-state index in [-0.39, 0.29) is 18.2 Å². The van der Waals surface area contributed by atoms with Crippen molar-refractivity contribution in [2.24, 2.45) is 5.92 Å². The van der Waals surface area contributed by atoms with Crippen molar-refractivity contribution < 1.29 is 19.5 Å². The summed E-state index contributed by atoms with van der Waals surface area (Å²) in [7, 11) is 0. The Hall–Kier alpha value is -2.67. The van der Waals surface area contributed by atoms with Crippen molar-refractivity contribution in [3.05, 3.63) is 52.2 Å². The van der Waals surface area contributed by atoms with Gasteiger partial charge in [0.1, 0.15) is 6.54 Å². The smallest absolute Gasteiger partial charge is 0.322 e. The number of hydrogen-bond acceptors (Lipinski definition) is 4. The van der Waals surface area contributed by atoms with Gasteiger partial charge in [-0.25, -0.2) is 0 Å². The first-order valence-corrected chi connectivity index (χ1v) is 9.27. The van der Waals surface area contributed by atoms with Crippen molar-refractivity contribution in [2.45, 2.75) is 25.8 Å². The van der Waals surface area contributed by atoms with Crippen LogP contribution in [0, 0.1) is 12.8 Å². The fraction of sp³-hybridized carbons (Fsp3) is 0.316. The van der Waals surface area contributed by atoms with Crippen LogP contribution in [0.1, 0.15) is 29.3 Å². The van der Waals surface area contributed by atoms with E-state index in [0.717, 1.165) is 16.1 Å². The van der Waals surface area contributed by atoms with Gasteiger partial charge in [0.15, 0.2) is 0 Å². The van der Waals surface area contributed by atoms with Crippen LogP contribution in [0.3, 0.4) is 0 Å². The van der Waals surface area contributed by atoms with Gasteiger partial charge in [0.2, 0.25) is 11.8 Å². The van der Waals surface area contributed by atoms with E-state index in [0.29, 0.717) is 6.42 Å². The molecular weight excluding hydrogens is 352 g/mol. The summed E-state index contributed by atoms with van der Waals surface area (Å²) in [6.45, 7) is 1.55. The topological polar surface area (TPSA) is 86.7 Å². The lowest BCUT2D eigenvalue weighted by Crippen LogP contribution is -2.48. The Kier molecular flexibility index (Phi) is 5.37. The van der Waals surface area contributed by atoms with Gasteiger partial charge >= 0.3 is 5.97 Å². The van der Waals surface area contributed by atoms with Gasteiger partial charge in [-0.05, 0) is 36.9 Å². The lowest BCUT2D eigenvalue weighted by atomic mass is 9.86. The first-order valence-electron chi connectivity index (χ1n) is 8.39. The maximum absolute atomic E-state index is 12.7. The molecule has 0 aliphatic carbocycles. The van der Waals surface area contributed by atoms with Crippen LogP contribution in [-0.2, 0) is 14.4 Å². The first-order chi connectivity index (χ1) is 12.5. The lowest BCUT2D eigenvalue weighted by Gasteiger charge is -2.40. The Labute approximate surface area is 155 Å². The quantitative estimate of drug-likeness (QED) is 0.845. The second-order valence-electron chi connectivity index (χ2n) is 6.32. The summed E-state index contributed by atoms with van der Waals surface area (Å²) in [5.41, 5.74) is 1.83. The minimum Gasteiger partial charge on any atom is -0.480 e. The number of aliphatic carboxylic acids is 1. The molecule has 26 heavy (non-hydrogen) atoms. The van der Waals surface area contributed by atoms with Gasteiger partial charge in [-0.2, -0.15) is 0 Å². The number of rotatable bonds is 5. The predicted molar refractivity (Wildman–Crippen MR) is 99.1 cm³/mol. The highest BCUT2D eigenvalue weighted by molar-refractivity contribution is 7.10. The third-order valence-electron chi connectivity index (χ3n) is 4.49. The molecule has 2 atom stereocenters. The van der Waals surface area contributed by atoms with Crippen LogP contribution in [0.25, 0.3) is 0 Å². The summed E-state index contributed by atoms with van der Waals surface area (Å²) in [6.07, 6.45) is 0.649. The number of carboxylic acids is 1. The molecular formula is C19H20N2O4S. The van der Waals surface area contributed by atoms with Crippen molar-refractivity contribution in [3.8, 4) is 0 Å². The molecule has 0 bridgehead atoms. The SMILES string of the molecule is Cc1ccc(N2C(=O)CCC(C(=O)NCC(=O)O)C2c2cccs2)cc1. The standard InChI is InChI=1S/C19H20N2O4S/c1-12-4-6-13(7-5-12)21-16(22)9-8-14(19(25)20-11-17(23)24)18(21)15-3-2-10-26-15/h2-7,10,14,18H,8-9,11H2,1H3,(H,20,25)(H,23,24). The number of thiophene rings is 1. The molecule has 7 heteroatoms. The number of nitrogens with zero attached hydrogens (tertiary/aromatic N) is 1. The van der Waals surface area contributed by atoms with Crippen molar-refractivity contribution in [3.63, 3.8) is 0 Å². The Morgan fingerprint density at radius 2 is 2.00 bits per heavy atom. The second-order valence-corrected chi connectivity index (χ2v) is 7.30. The van der Waals surface area contributed by atoms with Crippen molar-refractivity contribution in [2.75, 3.05) is 11.4 Å². The van der Waals surface area contributed by atoms with Crippen molar-refractivity contribution in [1.29, 1.82) is 0 Å². The van der Waals surface area contributed by atoms with Gasteiger partial charge < -0.3 is 15.3 Å². The van der Waals surface area contributed by atoms with Crippen molar-refractivity contribution in [1.82, 2.24) is 5.32 Å². The summed E-state index contributed by atoms with van der Waals surface area (Å²) >= 11 is 1.49. The second kappa shape index (κ2) is 7.70. The third kappa shape index (κ3) is 3.77. The van der Waals surface area contributed by atoms with Gasteiger partial charge in [0.05, 0.1) is 12.0 Å². The van der Waals surface area contributed by atoms with Crippen LogP contribution < -0.4 is 10.2 Å². The molecule has 2 amide bonds. The first kappa shape index (κ1) is 18.1. The molecule has 1 aromatic heterocycles. The number of benzene rings is 1. The molecule has 1 fully saturated rings. The van der Waals surface area contributed by atoms with Gasteiger partial charge in [-0.3, -0.25) is 14.4 Å². The lowest BCUT2D eigenvalue weighted by molar-refractivity contribution is -0.139. The third-order valence-corrected chi connectivity index (χ3v) is 5.44. The number of amides is 2. The molecule has 2 heterocycles. The molecule has 0 saturated carbocycles. The average Bonchev–Trinajstić information content (AvgIpc) is 3.14. The average molecular weight is 372 g/mol. The largest absolute Gasteiger partial charge is 0.480 e. The fourth-order valence-corrected chi connectivity index (χ4v) is 4.14. The maximum atomic E-state index is 12.7. The van der Waals surface area contributed by atoms with E-state index in [2.05, 4.69) is 5.32 Å². The summed E-state index contributed by atoms with van der Waals surface area (Å²) in [5.74, 6) is -1.95. The number of carbonyl (C=O) groups is 3. The molecule has 1 saturated heterocycles. The predicted octanol–water partition coefficient (Wildman–Crippen LogP) is 2.74. The van der Waals surface area contributed by atoms with Crippen LogP contribution in [0.4, 0.5) is 5.69 Å². The fourth-order valence-electron chi connectivity index (χ4n) is 3.26.